The summed E-state index contributed by atoms with van der Waals surface area (Å²) in [6.45, 7) is 10.8. The number of nitrogens with one attached hydrogen (secondary N) is 1. The maximum atomic E-state index is 12.3. The fraction of sp³-hybridized carbons (Fsp3) is 0.857. The van der Waals surface area contributed by atoms with Crippen LogP contribution < -0.4 is 5.32 Å². The molecule has 5 heteroatoms. The number of hydrogen-bond donors (Lipinski definition) is 1. The van der Waals surface area contributed by atoms with Crippen LogP contribution >= 0.6 is 0 Å². The summed E-state index contributed by atoms with van der Waals surface area (Å²) in [7, 11) is 0. The van der Waals surface area contributed by atoms with Gasteiger partial charge in [0.2, 0.25) is 5.91 Å². The number of hydrogen-bond acceptors (Lipinski definition) is 4. The molecule has 0 radical (unpaired) electrons. The zero-order valence-electron chi connectivity index (χ0n) is 12.5. The minimum atomic E-state index is -0.711. The number of rotatable bonds is 2. The van der Waals surface area contributed by atoms with Gasteiger partial charge in [-0.15, -0.1) is 0 Å². The maximum absolute atomic E-state index is 12.3. The maximum Gasteiger partial charge on any atom is 0.228 e. The Bertz CT molecular complexity index is 397. The average molecular weight is 268 g/mol. The SMILES string of the molecule is CCON1C(C)(C)CC2(CC1(C)C)NC(=O)CC2=O. The van der Waals surface area contributed by atoms with Crippen LogP contribution in [-0.4, -0.2) is 40.0 Å². The molecule has 0 aromatic carbocycles. The predicted octanol–water partition coefficient (Wildman–Crippen LogP) is 1.42. The van der Waals surface area contributed by atoms with Crippen LogP contribution in [-0.2, 0) is 14.4 Å². The van der Waals surface area contributed by atoms with Crippen molar-refractivity contribution in [3.63, 3.8) is 0 Å². The zero-order valence-corrected chi connectivity index (χ0v) is 12.5. The van der Waals surface area contributed by atoms with E-state index in [1.54, 1.807) is 0 Å². The van der Waals surface area contributed by atoms with Crippen LogP contribution in [0.1, 0.15) is 53.9 Å². The number of nitrogens with zero attached hydrogens (tertiary/aromatic N) is 1. The van der Waals surface area contributed by atoms with E-state index < -0.39 is 5.54 Å². The van der Waals surface area contributed by atoms with Gasteiger partial charge in [0, 0.05) is 11.1 Å². The molecule has 1 N–H and O–H groups in total. The number of Topliss-reactive ketones (excluding diaryl/α,β-unsaturated/α-hetero) is 1. The summed E-state index contributed by atoms with van der Waals surface area (Å²) in [5, 5.41) is 4.91. The standard InChI is InChI=1S/C14H24N2O3/c1-6-19-16-12(2,3)8-14(9-13(16,4)5)10(17)7-11(18)15-14/h6-9H2,1-5H3,(H,15,18). The fourth-order valence-electron chi connectivity index (χ4n) is 3.96. The summed E-state index contributed by atoms with van der Waals surface area (Å²) in [5.41, 5.74) is -1.31. The normalized spacial score (nSPS) is 28.7. The monoisotopic (exact) mass is 268 g/mol. The lowest BCUT2D eigenvalue weighted by Gasteiger charge is -2.56. The van der Waals surface area contributed by atoms with E-state index >= 15 is 0 Å². The van der Waals surface area contributed by atoms with Crippen LogP contribution in [0.15, 0.2) is 0 Å². The van der Waals surface area contributed by atoms with Crippen LogP contribution in [0.25, 0.3) is 0 Å². The van der Waals surface area contributed by atoms with Gasteiger partial charge in [0.1, 0.15) is 5.54 Å². The van der Waals surface area contributed by atoms with Crippen LogP contribution in [0.5, 0.6) is 0 Å². The van der Waals surface area contributed by atoms with Crippen molar-refractivity contribution in [3.8, 4) is 0 Å². The highest BCUT2D eigenvalue weighted by Crippen LogP contribution is 2.45. The Hall–Kier alpha value is -0.940. The molecule has 2 saturated heterocycles. The van der Waals surface area contributed by atoms with E-state index in [0.717, 1.165) is 0 Å². The Morgan fingerprint density at radius 2 is 1.68 bits per heavy atom. The van der Waals surface area contributed by atoms with E-state index in [1.165, 1.54) is 0 Å². The van der Waals surface area contributed by atoms with Gasteiger partial charge in [-0.1, -0.05) is 0 Å². The molecular formula is C14H24N2O3. The molecular weight excluding hydrogens is 244 g/mol. The quantitative estimate of drug-likeness (QED) is 0.770. The predicted molar refractivity (Wildman–Crippen MR) is 71.4 cm³/mol. The molecule has 0 unspecified atom stereocenters. The van der Waals surface area contributed by atoms with Crippen molar-refractivity contribution in [2.24, 2.45) is 0 Å². The molecule has 2 aliphatic heterocycles. The minimum absolute atomic E-state index is 0.0147. The lowest BCUT2D eigenvalue weighted by molar-refractivity contribution is -0.286. The summed E-state index contributed by atoms with van der Waals surface area (Å²) < 4.78 is 0. The second-order valence-electron chi connectivity index (χ2n) is 6.92. The Morgan fingerprint density at radius 3 is 2.05 bits per heavy atom. The summed E-state index contributed by atoms with van der Waals surface area (Å²) in [5.74, 6) is -0.128. The Kier molecular flexibility index (Phi) is 3.26. The molecule has 0 aliphatic carbocycles. The largest absolute Gasteiger partial charge is 0.343 e. The number of carbonyl (C=O) groups excluding carboxylic acids is 2. The van der Waals surface area contributed by atoms with E-state index in [-0.39, 0.29) is 29.2 Å². The van der Waals surface area contributed by atoms with Gasteiger partial charge in [0.05, 0.1) is 13.0 Å². The molecule has 2 fully saturated rings. The van der Waals surface area contributed by atoms with E-state index in [1.807, 2.05) is 12.0 Å². The summed E-state index contributed by atoms with van der Waals surface area (Å²) >= 11 is 0. The van der Waals surface area contributed by atoms with E-state index in [9.17, 15) is 9.59 Å². The molecule has 0 bridgehead atoms. The highest BCUT2D eigenvalue weighted by atomic mass is 16.7. The molecule has 0 aromatic heterocycles. The Balaban J connectivity index is 2.36. The highest BCUT2D eigenvalue weighted by Gasteiger charge is 2.59. The van der Waals surface area contributed by atoms with Crippen molar-refractivity contribution in [1.29, 1.82) is 0 Å². The first-order chi connectivity index (χ1) is 8.63. The highest BCUT2D eigenvalue weighted by molar-refractivity contribution is 6.10. The smallest absolute Gasteiger partial charge is 0.228 e. The Labute approximate surface area is 114 Å². The number of ketones is 1. The van der Waals surface area contributed by atoms with Crippen LogP contribution in [0.2, 0.25) is 0 Å². The molecule has 0 saturated carbocycles. The molecule has 2 aliphatic rings. The summed E-state index contributed by atoms with van der Waals surface area (Å²) in [4.78, 5) is 29.6. The van der Waals surface area contributed by atoms with Gasteiger partial charge in [-0.3, -0.25) is 14.4 Å². The molecule has 108 valence electrons. The first-order valence-electron chi connectivity index (χ1n) is 6.91. The number of amides is 1. The molecule has 19 heavy (non-hydrogen) atoms. The average Bonchev–Trinajstić information content (AvgIpc) is 2.45. The number of hydroxylamine groups is 2. The molecule has 1 amide bonds. The third kappa shape index (κ3) is 2.30. The van der Waals surface area contributed by atoms with Crippen LogP contribution in [0.3, 0.4) is 0 Å². The molecule has 2 heterocycles. The summed E-state index contributed by atoms with van der Waals surface area (Å²) in [6, 6.07) is 0. The third-order valence-corrected chi connectivity index (χ3v) is 4.06. The van der Waals surface area contributed by atoms with Crippen molar-refractivity contribution >= 4 is 11.7 Å². The van der Waals surface area contributed by atoms with Crippen molar-refractivity contribution in [2.45, 2.75) is 70.5 Å². The number of carbonyl (C=O) groups is 2. The third-order valence-electron chi connectivity index (χ3n) is 4.06. The van der Waals surface area contributed by atoms with Crippen molar-refractivity contribution < 1.29 is 14.4 Å². The van der Waals surface area contributed by atoms with E-state index in [4.69, 9.17) is 4.84 Å². The zero-order chi connectivity index (χ0) is 14.5. The van der Waals surface area contributed by atoms with Crippen molar-refractivity contribution in [3.05, 3.63) is 0 Å². The van der Waals surface area contributed by atoms with Crippen LogP contribution in [0.4, 0.5) is 0 Å². The second-order valence-corrected chi connectivity index (χ2v) is 6.92. The van der Waals surface area contributed by atoms with Crippen molar-refractivity contribution in [2.75, 3.05) is 6.61 Å². The first kappa shape index (κ1) is 14.5. The van der Waals surface area contributed by atoms with E-state index in [0.29, 0.717) is 19.4 Å². The van der Waals surface area contributed by atoms with Gasteiger partial charge in [-0.05, 0) is 47.5 Å². The molecule has 2 rings (SSSR count). The molecule has 5 nitrogen and oxygen atoms in total. The van der Waals surface area contributed by atoms with Gasteiger partial charge >= 0.3 is 0 Å². The lowest BCUT2D eigenvalue weighted by Crippen LogP contribution is -2.69. The van der Waals surface area contributed by atoms with Gasteiger partial charge in [0.15, 0.2) is 5.78 Å². The van der Waals surface area contributed by atoms with Gasteiger partial charge in [-0.25, -0.2) is 0 Å². The van der Waals surface area contributed by atoms with Crippen LogP contribution in [0, 0.1) is 0 Å². The molecule has 0 atom stereocenters. The van der Waals surface area contributed by atoms with Crippen molar-refractivity contribution in [1.82, 2.24) is 10.4 Å². The minimum Gasteiger partial charge on any atom is -0.343 e. The van der Waals surface area contributed by atoms with E-state index in [2.05, 4.69) is 33.0 Å². The second kappa shape index (κ2) is 4.28. The lowest BCUT2D eigenvalue weighted by atomic mass is 9.69. The van der Waals surface area contributed by atoms with Gasteiger partial charge in [0.25, 0.3) is 0 Å². The van der Waals surface area contributed by atoms with Gasteiger partial charge < -0.3 is 5.32 Å². The molecule has 0 aromatic rings. The Morgan fingerprint density at radius 1 is 1.16 bits per heavy atom. The topological polar surface area (TPSA) is 58.6 Å². The fourth-order valence-corrected chi connectivity index (χ4v) is 3.96. The molecule has 1 spiro atoms. The number of piperidine rings is 1. The summed E-state index contributed by atoms with van der Waals surface area (Å²) in [6.07, 6.45) is 1.20. The van der Waals surface area contributed by atoms with Gasteiger partial charge in [-0.2, -0.15) is 5.06 Å². The first-order valence-corrected chi connectivity index (χ1v) is 6.91.